The number of hydrogen-bond donors (Lipinski definition) is 0. The quantitative estimate of drug-likeness (QED) is 0.339. The van der Waals surface area contributed by atoms with Crippen molar-refractivity contribution in [3.05, 3.63) is 90.3 Å². The van der Waals surface area contributed by atoms with Gasteiger partial charge in [0.25, 0.3) is 5.52 Å². The topological polar surface area (TPSA) is 35.5 Å². The number of para-hydroxylation sites is 2. The maximum Gasteiger partial charge on any atom is 0.418 e. The lowest BCUT2D eigenvalue weighted by atomic mass is 10.2. The lowest BCUT2D eigenvalue weighted by molar-refractivity contribution is -0.675. The summed E-state index contributed by atoms with van der Waals surface area (Å²) >= 11 is 0. The second-order valence-corrected chi connectivity index (χ2v) is 6.32. The average Bonchev–Trinajstić information content (AvgIpc) is 3.13. The van der Waals surface area contributed by atoms with Gasteiger partial charge < -0.3 is 13.9 Å². The third kappa shape index (κ3) is 3.62. The number of benzene rings is 3. The Kier molecular flexibility index (Phi) is 5.11. The summed E-state index contributed by atoms with van der Waals surface area (Å²) in [5, 5.41) is 0. The molecule has 0 spiro atoms. The van der Waals surface area contributed by atoms with E-state index >= 15 is 0 Å². The first-order valence-corrected chi connectivity index (χ1v) is 9.29. The Morgan fingerprint density at radius 2 is 1.57 bits per heavy atom. The molecule has 0 unspecified atom stereocenters. The van der Waals surface area contributed by atoms with Crippen molar-refractivity contribution in [2.75, 3.05) is 7.11 Å². The number of ether oxygens (including phenoxy) is 2. The highest BCUT2D eigenvalue weighted by Crippen LogP contribution is 2.26. The fraction of sp³-hybridized carbons (Fsp3) is 0.125. The number of aromatic nitrogens is 1. The Balaban J connectivity index is 1.82. The van der Waals surface area contributed by atoms with E-state index in [1.165, 1.54) is 0 Å². The first-order chi connectivity index (χ1) is 13.8. The molecule has 0 radical (unpaired) electrons. The van der Waals surface area contributed by atoms with Crippen LogP contribution in [0.3, 0.4) is 0 Å². The minimum atomic E-state index is 0.648. The van der Waals surface area contributed by atoms with E-state index < -0.39 is 0 Å². The van der Waals surface area contributed by atoms with Crippen LogP contribution < -0.4 is 14.0 Å². The van der Waals surface area contributed by atoms with Crippen LogP contribution in [0, 0.1) is 0 Å². The normalized spacial score (nSPS) is 11.6. The zero-order chi connectivity index (χ0) is 19.3. The molecule has 0 fully saturated rings. The number of hydrogen-bond acceptors (Lipinski definition) is 3. The fourth-order valence-electron chi connectivity index (χ4n) is 3.14. The molecule has 4 rings (SSSR count). The number of rotatable bonds is 6. The summed E-state index contributed by atoms with van der Waals surface area (Å²) in [6.45, 7) is 2.86. The molecule has 0 amide bonds. The van der Waals surface area contributed by atoms with Crippen LogP contribution in [0.1, 0.15) is 18.4 Å². The first-order valence-electron chi connectivity index (χ1n) is 9.29. The summed E-state index contributed by atoms with van der Waals surface area (Å²) in [4.78, 5) is 0. The number of fused-ring (bicyclic) bond motifs is 1. The summed E-state index contributed by atoms with van der Waals surface area (Å²) in [5.41, 5.74) is 2.91. The molecule has 0 N–H and O–H groups in total. The van der Waals surface area contributed by atoms with E-state index in [-0.39, 0.29) is 0 Å². The molecule has 0 saturated carbocycles. The van der Waals surface area contributed by atoms with Crippen LogP contribution in [0.4, 0.5) is 0 Å². The summed E-state index contributed by atoms with van der Waals surface area (Å²) < 4.78 is 19.8. The van der Waals surface area contributed by atoms with E-state index in [9.17, 15) is 0 Å². The van der Waals surface area contributed by atoms with Gasteiger partial charge in [-0.3, -0.25) is 0 Å². The van der Waals surface area contributed by atoms with Gasteiger partial charge in [-0.25, -0.2) is 0 Å². The lowest BCUT2D eigenvalue weighted by Gasteiger charge is -2.07. The summed E-state index contributed by atoms with van der Waals surface area (Å²) in [6, 6.07) is 25.6. The second kappa shape index (κ2) is 8.01. The van der Waals surface area contributed by atoms with Crippen LogP contribution >= 0.6 is 0 Å². The molecule has 1 heterocycles. The van der Waals surface area contributed by atoms with Gasteiger partial charge in [0.2, 0.25) is 11.3 Å². The lowest BCUT2D eigenvalue weighted by Crippen LogP contribution is -2.35. The Morgan fingerprint density at radius 3 is 2.29 bits per heavy atom. The van der Waals surface area contributed by atoms with Crippen molar-refractivity contribution in [3.63, 3.8) is 0 Å². The molecule has 0 atom stereocenters. The monoisotopic (exact) mass is 372 g/mol. The average molecular weight is 372 g/mol. The molecule has 4 heteroatoms. The van der Waals surface area contributed by atoms with Crippen LogP contribution in [0.15, 0.2) is 83.3 Å². The number of nitrogens with zero attached hydrogens (tertiary/aromatic N) is 1. The van der Waals surface area contributed by atoms with Crippen molar-refractivity contribution in [1.29, 1.82) is 0 Å². The van der Waals surface area contributed by atoms with Gasteiger partial charge in [-0.15, -0.1) is 0 Å². The van der Waals surface area contributed by atoms with E-state index in [2.05, 4.69) is 17.6 Å². The smallest absolute Gasteiger partial charge is 0.418 e. The molecule has 28 heavy (non-hydrogen) atoms. The summed E-state index contributed by atoms with van der Waals surface area (Å²) in [5.74, 6) is 2.83. The van der Waals surface area contributed by atoms with Gasteiger partial charge in [0.1, 0.15) is 18.0 Å². The highest BCUT2D eigenvalue weighted by atomic mass is 16.5. The van der Waals surface area contributed by atoms with Crippen LogP contribution in [-0.2, 0) is 6.54 Å². The van der Waals surface area contributed by atoms with Crippen LogP contribution in [0.25, 0.3) is 22.9 Å². The molecule has 4 nitrogen and oxygen atoms in total. The molecule has 0 aliphatic carbocycles. The molecule has 4 aromatic rings. The minimum Gasteiger partial charge on any atom is -0.497 e. The van der Waals surface area contributed by atoms with Gasteiger partial charge in [0.15, 0.2) is 0 Å². The summed E-state index contributed by atoms with van der Waals surface area (Å²) in [7, 11) is 1.65. The van der Waals surface area contributed by atoms with Crippen LogP contribution in [-0.4, -0.2) is 7.11 Å². The molecule has 0 aliphatic rings. The Hall–Kier alpha value is -3.53. The van der Waals surface area contributed by atoms with Crippen molar-refractivity contribution >= 4 is 22.9 Å². The van der Waals surface area contributed by atoms with E-state index in [1.807, 2.05) is 78.9 Å². The molecular formula is C24H22NO3+. The molecule has 3 aromatic carbocycles. The van der Waals surface area contributed by atoms with Gasteiger partial charge in [-0.2, -0.15) is 4.57 Å². The van der Waals surface area contributed by atoms with Crippen LogP contribution in [0.5, 0.6) is 11.5 Å². The Morgan fingerprint density at radius 1 is 0.893 bits per heavy atom. The predicted molar refractivity (Wildman–Crippen MR) is 110 cm³/mol. The van der Waals surface area contributed by atoms with Gasteiger partial charge >= 0.3 is 5.89 Å². The molecule has 0 bridgehead atoms. The molecule has 0 aliphatic heterocycles. The van der Waals surface area contributed by atoms with Crippen molar-refractivity contribution < 1.29 is 18.5 Å². The van der Waals surface area contributed by atoms with Gasteiger partial charge in [-0.05, 0) is 48.9 Å². The SMILES string of the molecule is CC[n+]1c(C(=Cc2ccccc2)Oc2ccc(OC)cc2)oc2ccccc21. The highest BCUT2D eigenvalue weighted by Gasteiger charge is 2.26. The van der Waals surface area contributed by atoms with Crippen molar-refractivity contribution in [2.45, 2.75) is 13.5 Å². The maximum absolute atomic E-state index is 6.27. The third-order valence-corrected chi connectivity index (χ3v) is 4.52. The van der Waals surface area contributed by atoms with E-state index in [1.54, 1.807) is 7.11 Å². The third-order valence-electron chi connectivity index (χ3n) is 4.52. The van der Waals surface area contributed by atoms with Crippen molar-refractivity contribution in [2.24, 2.45) is 0 Å². The number of oxazole rings is 1. The molecule has 140 valence electrons. The zero-order valence-corrected chi connectivity index (χ0v) is 16.0. The second-order valence-electron chi connectivity index (χ2n) is 6.32. The number of methoxy groups -OCH3 is 1. The summed E-state index contributed by atoms with van der Waals surface area (Å²) in [6.07, 6.45) is 1.99. The first kappa shape index (κ1) is 17.9. The zero-order valence-electron chi connectivity index (χ0n) is 16.0. The van der Waals surface area contributed by atoms with Crippen molar-refractivity contribution in [1.82, 2.24) is 0 Å². The molecule has 0 saturated heterocycles. The van der Waals surface area contributed by atoms with Gasteiger partial charge in [0.05, 0.1) is 7.11 Å². The molecular weight excluding hydrogens is 350 g/mol. The largest absolute Gasteiger partial charge is 0.497 e. The fourth-order valence-corrected chi connectivity index (χ4v) is 3.14. The van der Waals surface area contributed by atoms with Gasteiger partial charge in [0, 0.05) is 6.07 Å². The van der Waals surface area contributed by atoms with E-state index in [0.29, 0.717) is 17.4 Å². The van der Waals surface area contributed by atoms with Gasteiger partial charge in [-0.1, -0.05) is 42.5 Å². The maximum atomic E-state index is 6.27. The van der Waals surface area contributed by atoms with E-state index in [0.717, 1.165) is 29.0 Å². The van der Waals surface area contributed by atoms with Crippen molar-refractivity contribution in [3.8, 4) is 11.5 Å². The predicted octanol–water partition coefficient (Wildman–Crippen LogP) is 5.33. The molecule has 1 aromatic heterocycles. The highest BCUT2D eigenvalue weighted by molar-refractivity contribution is 5.77. The Labute approximate surface area is 164 Å². The van der Waals surface area contributed by atoms with Crippen LogP contribution in [0.2, 0.25) is 0 Å². The minimum absolute atomic E-state index is 0.648. The Bertz CT molecular complexity index is 1100. The number of aryl methyl sites for hydroxylation is 1. The standard InChI is InChI=1S/C24H22NO3/c1-3-25-21-11-7-8-12-22(21)28-24(25)23(17-18-9-5-4-6-10-18)27-20-15-13-19(26-2)14-16-20/h4-17H,3H2,1-2H3/q+1. The van der Waals surface area contributed by atoms with E-state index in [4.69, 9.17) is 13.9 Å².